The third-order valence-corrected chi connectivity index (χ3v) is 5.12. The Morgan fingerprint density at radius 1 is 1.28 bits per heavy atom. The first-order valence-electron chi connectivity index (χ1n) is 7.26. The van der Waals surface area contributed by atoms with Gasteiger partial charge in [0.15, 0.2) is 0 Å². The Morgan fingerprint density at radius 3 is 2.94 bits per heavy atom. The molecule has 100 valence electrons. The van der Waals surface area contributed by atoms with Crippen LogP contribution in [0.5, 0.6) is 0 Å². The van der Waals surface area contributed by atoms with Crippen molar-refractivity contribution in [1.82, 2.24) is 5.32 Å². The van der Waals surface area contributed by atoms with E-state index in [0.29, 0.717) is 6.10 Å². The zero-order valence-electron chi connectivity index (χ0n) is 11.0. The smallest absolute Gasteiger partial charge is 0.0708 e. The fourth-order valence-corrected chi connectivity index (χ4v) is 4.04. The summed E-state index contributed by atoms with van der Waals surface area (Å²) >= 11 is 1.77. The minimum Gasteiger partial charge on any atom is -0.370 e. The summed E-state index contributed by atoms with van der Waals surface area (Å²) in [6, 6.07) is 2.19. The number of thiophene rings is 1. The van der Waals surface area contributed by atoms with Gasteiger partial charge in [-0.1, -0.05) is 19.3 Å². The first-order valence-corrected chi connectivity index (χ1v) is 8.20. The number of hydrogen-bond donors (Lipinski definition) is 1. The first-order chi connectivity index (χ1) is 8.86. The summed E-state index contributed by atoms with van der Waals surface area (Å²) in [5, 5.41) is 7.89. The second-order valence-electron chi connectivity index (χ2n) is 5.78. The van der Waals surface area contributed by atoms with Gasteiger partial charge in [0, 0.05) is 13.1 Å². The maximum absolute atomic E-state index is 6.35. The van der Waals surface area contributed by atoms with Gasteiger partial charge in [0.1, 0.15) is 0 Å². The topological polar surface area (TPSA) is 21.3 Å². The van der Waals surface area contributed by atoms with Crippen molar-refractivity contribution < 1.29 is 4.74 Å². The second kappa shape index (κ2) is 5.72. The molecule has 2 aliphatic rings. The highest BCUT2D eigenvalue weighted by Crippen LogP contribution is 2.41. The van der Waals surface area contributed by atoms with Crippen LogP contribution in [0.4, 0.5) is 0 Å². The molecule has 2 fully saturated rings. The molecule has 1 aliphatic heterocycles. The van der Waals surface area contributed by atoms with E-state index in [9.17, 15) is 0 Å². The van der Waals surface area contributed by atoms with E-state index in [4.69, 9.17) is 4.74 Å². The lowest BCUT2D eigenvalue weighted by Crippen LogP contribution is -2.34. The summed E-state index contributed by atoms with van der Waals surface area (Å²) in [5.41, 5.74) is 1.66. The molecule has 2 heterocycles. The Balaban J connectivity index is 1.42. The predicted octanol–water partition coefficient (Wildman–Crippen LogP) is 3.72. The highest BCUT2D eigenvalue weighted by atomic mass is 32.1. The van der Waals surface area contributed by atoms with Gasteiger partial charge in [-0.2, -0.15) is 11.3 Å². The molecule has 3 rings (SSSR count). The Kier molecular flexibility index (Phi) is 4.02. The van der Waals surface area contributed by atoms with Crippen LogP contribution in [0.3, 0.4) is 0 Å². The van der Waals surface area contributed by atoms with Gasteiger partial charge in [0.05, 0.1) is 11.7 Å². The highest BCUT2D eigenvalue weighted by molar-refractivity contribution is 7.07. The van der Waals surface area contributed by atoms with Crippen molar-refractivity contribution in [2.75, 3.05) is 6.54 Å². The van der Waals surface area contributed by atoms with Crippen LogP contribution < -0.4 is 5.32 Å². The van der Waals surface area contributed by atoms with Gasteiger partial charge >= 0.3 is 0 Å². The minimum absolute atomic E-state index is 0.271. The fourth-order valence-electron chi connectivity index (χ4n) is 3.37. The molecule has 1 atom stereocenters. The van der Waals surface area contributed by atoms with Crippen molar-refractivity contribution in [3.05, 3.63) is 22.4 Å². The summed E-state index contributed by atoms with van der Waals surface area (Å²) in [7, 11) is 0. The average molecular weight is 265 g/mol. The van der Waals surface area contributed by atoms with E-state index in [1.165, 1.54) is 50.5 Å². The summed E-state index contributed by atoms with van der Waals surface area (Å²) in [5.74, 6) is 0. The molecule has 1 unspecified atom stereocenters. The van der Waals surface area contributed by atoms with Crippen LogP contribution in [-0.2, 0) is 11.3 Å². The van der Waals surface area contributed by atoms with Crippen LogP contribution in [0, 0.1) is 0 Å². The molecule has 1 saturated heterocycles. The molecule has 0 bridgehead atoms. The lowest BCUT2D eigenvalue weighted by molar-refractivity contribution is -0.0624. The first kappa shape index (κ1) is 12.6. The molecule has 18 heavy (non-hydrogen) atoms. The van der Waals surface area contributed by atoms with Gasteiger partial charge in [-0.05, 0) is 48.1 Å². The van der Waals surface area contributed by atoms with E-state index in [1.54, 1.807) is 11.3 Å². The summed E-state index contributed by atoms with van der Waals surface area (Å²) in [4.78, 5) is 0. The third kappa shape index (κ3) is 2.95. The molecule has 0 aromatic carbocycles. The minimum atomic E-state index is 0.271. The SMILES string of the molecule is c1cc(CNCC2CCC3(CCCCC3)O2)cs1. The maximum Gasteiger partial charge on any atom is 0.0708 e. The average Bonchev–Trinajstić information content (AvgIpc) is 3.02. The molecule has 1 saturated carbocycles. The van der Waals surface area contributed by atoms with Crippen molar-refractivity contribution in [3.8, 4) is 0 Å². The van der Waals surface area contributed by atoms with Crippen molar-refractivity contribution in [1.29, 1.82) is 0 Å². The number of nitrogens with one attached hydrogen (secondary N) is 1. The second-order valence-corrected chi connectivity index (χ2v) is 6.56. The highest BCUT2D eigenvalue weighted by Gasteiger charge is 2.40. The number of hydrogen-bond acceptors (Lipinski definition) is 3. The van der Waals surface area contributed by atoms with Crippen molar-refractivity contribution in [2.24, 2.45) is 0 Å². The number of ether oxygens (including phenoxy) is 1. The van der Waals surface area contributed by atoms with Crippen molar-refractivity contribution in [2.45, 2.75) is 63.2 Å². The van der Waals surface area contributed by atoms with E-state index < -0.39 is 0 Å². The molecule has 1 aliphatic carbocycles. The van der Waals surface area contributed by atoms with Gasteiger partial charge < -0.3 is 10.1 Å². The zero-order chi connectivity index (χ0) is 12.3. The van der Waals surface area contributed by atoms with Crippen LogP contribution in [-0.4, -0.2) is 18.2 Å². The Hall–Kier alpha value is -0.380. The van der Waals surface area contributed by atoms with E-state index in [2.05, 4.69) is 22.1 Å². The van der Waals surface area contributed by atoms with Crippen LogP contribution in [0.2, 0.25) is 0 Å². The molecule has 0 radical (unpaired) electrons. The molecule has 3 heteroatoms. The molecule has 1 aromatic heterocycles. The monoisotopic (exact) mass is 265 g/mol. The van der Waals surface area contributed by atoms with Crippen molar-refractivity contribution >= 4 is 11.3 Å². The maximum atomic E-state index is 6.35. The zero-order valence-corrected chi connectivity index (χ0v) is 11.8. The Bertz CT molecular complexity index is 357. The van der Waals surface area contributed by atoms with E-state index >= 15 is 0 Å². The van der Waals surface area contributed by atoms with Crippen LogP contribution in [0.15, 0.2) is 16.8 Å². The standard InChI is InChI=1S/C15H23NOS/c1-2-6-15(7-3-1)8-4-14(17-15)11-16-10-13-5-9-18-12-13/h5,9,12,14,16H,1-4,6-8,10-11H2. The molecular formula is C15H23NOS. The molecule has 2 nitrogen and oxygen atoms in total. The molecule has 1 aromatic rings. The van der Waals surface area contributed by atoms with Crippen LogP contribution >= 0.6 is 11.3 Å². The molecule has 0 amide bonds. The van der Waals surface area contributed by atoms with Crippen molar-refractivity contribution in [3.63, 3.8) is 0 Å². The fraction of sp³-hybridized carbons (Fsp3) is 0.733. The van der Waals surface area contributed by atoms with Gasteiger partial charge in [-0.25, -0.2) is 0 Å². The van der Waals surface area contributed by atoms with Crippen LogP contribution in [0.1, 0.15) is 50.5 Å². The molecule has 1 N–H and O–H groups in total. The Labute approximate surface area is 114 Å². The molecule has 1 spiro atoms. The van der Waals surface area contributed by atoms with Gasteiger partial charge in [0.25, 0.3) is 0 Å². The summed E-state index contributed by atoms with van der Waals surface area (Å²) in [6.07, 6.45) is 9.73. The lowest BCUT2D eigenvalue weighted by Gasteiger charge is -2.33. The summed E-state index contributed by atoms with van der Waals surface area (Å²) < 4.78 is 6.35. The van der Waals surface area contributed by atoms with Gasteiger partial charge in [-0.3, -0.25) is 0 Å². The predicted molar refractivity (Wildman–Crippen MR) is 75.9 cm³/mol. The quantitative estimate of drug-likeness (QED) is 0.896. The normalized spacial score (nSPS) is 26.8. The molecular weight excluding hydrogens is 242 g/mol. The largest absolute Gasteiger partial charge is 0.370 e. The van der Waals surface area contributed by atoms with Gasteiger partial charge in [0.2, 0.25) is 0 Å². The third-order valence-electron chi connectivity index (χ3n) is 4.38. The number of rotatable bonds is 4. The summed E-state index contributed by atoms with van der Waals surface area (Å²) in [6.45, 7) is 1.99. The van der Waals surface area contributed by atoms with Gasteiger partial charge in [-0.15, -0.1) is 0 Å². The van der Waals surface area contributed by atoms with E-state index in [0.717, 1.165) is 13.1 Å². The van der Waals surface area contributed by atoms with E-state index in [1.807, 2.05) is 0 Å². The lowest BCUT2D eigenvalue weighted by atomic mass is 9.83. The van der Waals surface area contributed by atoms with Crippen LogP contribution in [0.25, 0.3) is 0 Å². The van der Waals surface area contributed by atoms with E-state index in [-0.39, 0.29) is 5.60 Å². The Morgan fingerprint density at radius 2 is 2.17 bits per heavy atom.